The Bertz CT molecular complexity index is 1160. The predicted molar refractivity (Wildman–Crippen MR) is 113 cm³/mol. The second-order valence-corrected chi connectivity index (χ2v) is 7.29. The van der Waals surface area contributed by atoms with Gasteiger partial charge in [-0.25, -0.2) is 4.58 Å². The van der Waals surface area contributed by atoms with Crippen LogP contribution in [0.5, 0.6) is 0 Å². The minimum absolute atomic E-state index is 0.287. The van der Waals surface area contributed by atoms with E-state index in [-0.39, 0.29) is 6.04 Å². The molecule has 0 N–H and O–H groups in total. The van der Waals surface area contributed by atoms with Gasteiger partial charge in [0.25, 0.3) is 0 Å². The first-order valence-corrected chi connectivity index (χ1v) is 9.57. The van der Waals surface area contributed by atoms with Crippen molar-refractivity contribution in [3.63, 3.8) is 0 Å². The average molecular weight is 348 g/mol. The zero-order valence-electron chi connectivity index (χ0n) is 15.5. The van der Waals surface area contributed by atoms with E-state index < -0.39 is 0 Å². The number of fused-ring (bicyclic) bond motifs is 4. The summed E-state index contributed by atoms with van der Waals surface area (Å²) in [5, 5.41) is 2.64. The molecule has 0 bridgehead atoms. The minimum atomic E-state index is 0.287. The summed E-state index contributed by atoms with van der Waals surface area (Å²) in [6.45, 7) is 3.23. The van der Waals surface area contributed by atoms with Crippen LogP contribution in [0, 0.1) is 0 Å². The van der Waals surface area contributed by atoms with Gasteiger partial charge in [-0.3, -0.25) is 0 Å². The fourth-order valence-electron chi connectivity index (χ4n) is 4.24. The molecule has 1 nitrogen and oxygen atoms in total. The lowest BCUT2D eigenvalue weighted by molar-refractivity contribution is -0.579. The van der Waals surface area contributed by atoms with Crippen LogP contribution in [0.3, 0.4) is 0 Å². The van der Waals surface area contributed by atoms with Gasteiger partial charge in [0.1, 0.15) is 0 Å². The highest BCUT2D eigenvalue weighted by Gasteiger charge is 2.25. The molecule has 4 aromatic carbocycles. The molecule has 27 heavy (non-hydrogen) atoms. The third-order valence-electron chi connectivity index (χ3n) is 5.70. The molecular formula is C26H22N+. The lowest BCUT2D eigenvalue weighted by atomic mass is 9.97. The van der Waals surface area contributed by atoms with Crippen molar-refractivity contribution >= 4 is 17.0 Å². The summed E-state index contributed by atoms with van der Waals surface area (Å²) >= 11 is 0. The van der Waals surface area contributed by atoms with E-state index in [4.69, 9.17) is 0 Å². The number of hydrogen-bond acceptors (Lipinski definition) is 0. The fourth-order valence-corrected chi connectivity index (χ4v) is 4.24. The fraction of sp³-hybridized carbons (Fsp3) is 0.115. The van der Waals surface area contributed by atoms with Crippen LogP contribution >= 0.6 is 0 Å². The molecule has 0 saturated heterocycles. The average Bonchev–Trinajstić information content (AvgIpc) is 2.90. The molecule has 0 fully saturated rings. The second kappa shape index (κ2) is 6.51. The number of rotatable bonds is 2. The third kappa shape index (κ3) is 2.76. The van der Waals surface area contributed by atoms with Crippen molar-refractivity contribution in [3.05, 3.63) is 108 Å². The zero-order valence-corrected chi connectivity index (χ0v) is 15.5. The zero-order chi connectivity index (χ0) is 18.2. The van der Waals surface area contributed by atoms with Gasteiger partial charge in [-0.15, -0.1) is 0 Å². The molecule has 0 aliphatic carbocycles. The molecule has 4 aromatic rings. The number of hydrogen-bond donors (Lipinski definition) is 0. The summed E-state index contributed by atoms with van der Waals surface area (Å²) in [7, 11) is 0. The van der Waals surface area contributed by atoms with Crippen molar-refractivity contribution in [3.8, 4) is 11.1 Å². The van der Waals surface area contributed by atoms with Gasteiger partial charge < -0.3 is 0 Å². The second-order valence-electron chi connectivity index (χ2n) is 7.29. The van der Waals surface area contributed by atoms with Gasteiger partial charge in [-0.05, 0) is 28.0 Å². The van der Waals surface area contributed by atoms with Crippen LogP contribution in [0.4, 0.5) is 0 Å². The van der Waals surface area contributed by atoms with E-state index in [2.05, 4.69) is 109 Å². The topological polar surface area (TPSA) is 3.01 Å². The summed E-state index contributed by atoms with van der Waals surface area (Å²) in [4.78, 5) is 0. The molecule has 0 unspecified atom stereocenters. The SMILES string of the molecule is C[C@@H](c1cccc2ccccc12)[N+]1=Cc2ccccc2-c2ccccc2C1. The Morgan fingerprint density at radius 2 is 1.41 bits per heavy atom. The molecule has 0 aromatic heterocycles. The molecule has 1 aliphatic rings. The van der Waals surface area contributed by atoms with Crippen molar-refractivity contribution < 1.29 is 4.58 Å². The van der Waals surface area contributed by atoms with Gasteiger partial charge in [0.15, 0.2) is 18.8 Å². The van der Waals surface area contributed by atoms with Crippen LogP contribution in [-0.2, 0) is 6.54 Å². The predicted octanol–water partition coefficient (Wildman–Crippen LogP) is 6.21. The van der Waals surface area contributed by atoms with Gasteiger partial charge >= 0.3 is 0 Å². The van der Waals surface area contributed by atoms with Crippen LogP contribution in [0.1, 0.15) is 29.7 Å². The van der Waals surface area contributed by atoms with E-state index in [1.54, 1.807) is 0 Å². The molecule has 0 spiro atoms. The van der Waals surface area contributed by atoms with E-state index in [0.717, 1.165) is 6.54 Å². The van der Waals surface area contributed by atoms with Gasteiger partial charge in [0.05, 0.1) is 0 Å². The van der Waals surface area contributed by atoms with Gasteiger partial charge in [-0.2, -0.15) is 0 Å². The highest BCUT2D eigenvalue weighted by Crippen LogP contribution is 2.32. The van der Waals surface area contributed by atoms with Crippen molar-refractivity contribution in [2.24, 2.45) is 0 Å². The van der Waals surface area contributed by atoms with Crippen LogP contribution in [0.15, 0.2) is 91.0 Å². The first kappa shape index (κ1) is 16.0. The Morgan fingerprint density at radius 3 is 2.33 bits per heavy atom. The Kier molecular flexibility index (Phi) is 3.86. The van der Waals surface area contributed by atoms with E-state index >= 15 is 0 Å². The molecule has 1 heteroatoms. The first-order valence-electron chi connectivity index (χ1n) is 9.57. The Balaban J connectivity index is 1.68. The van der Waals surface area contributed by atoms with Crippen LogP contribution in [0.2, 0.25) is 0 Å². The van der Waals surface area contributed by atoms with Crippen LogP contribution in [-0.4, -0.2) is 10.8 Å². The van der Waals surface area contributed by atoms with E-state index in [0.29, 0.717) is 0 Å². The smallest absolute Gasteiger partial charge is 0.176 e. The first-order chi connectivity index (χ1) is 13.3. The van der Waals surface area contributed by atoms with Gasteiger partial charge in [0, 0.05) is 23.6 Å². The molecule has 1 atom stereocenters. The van der Waals surface area contributed by atoms with E-state index in [1.165, 1.54) is 38.6 Å². The highest BCUT2D eigenvalue weighted by molar-refractivity contribution is 5.90. The Labute approximate surface area is 160 Å². The molecule has 5 rings (SSSR count). The quantitative estimate of drug-likeness (QED) is 0.379. The monoisotopic (exact) mass is 348 g/mol. The van der Waals surface area contributed by atoms with E-state index in [9.17, 15) is 0 Å². The molecular weight excluding hydrogens is 326 g/mol. The minimum Gasteiger partial charge on any atom is -0.224 e. The third-order valence-corrected chi connectivity index (χ3v) is 5.70. The molecule has 130 valence electrons. The Morgan fingerprint density at radius 1 is 0.704 bits per heavy atom. The largest absolute Gasteiger partial charge is 0.224 e. The molecule has 1 heterocycles. The maximum Gasteiger partial charge on any atom is 0.176 e. The van der Waals surface area contributed by atoms with E-state index in [1.807, 2.05) is 0 Å². The van der Waals surface area contributed by atoms with Crippen molar-refractivity contribution in [2.45, 2.75) is 19.5 Å². The number of benzene rings is 4. The molecule has 1 aliphatic heterocycles. The van der Waals surface area contributed by atoms with Crippen LogP contribution < -0.4 is 0 Å². The highest BCUT2D eigenvalue weighted by atomic mass is 15.0. The summed E-state index contributed by atoms with van der Waals surface area (Å²) in [5.41, 5.74) is 6.71. The standard InChI is InChI=1S/C26H22N/c1-19(23-16-8-12-20-9-2-5-13-24(20)23)27-17-21-10-3-6-14-25(21)26-15-7-4-11-22(26)18-27/h2-17,19H,18H2,1H3/q+1/t19-/m0/s1. The number of nitrogens with zero attached hydrogens (tertiary/aromatic N) is 1. The lowest BCUT2D eigenvalue weighted by Gasteiger charge is -2.14. The molecule has 0 saturated carbocycles. The van der Waals surface area contributed by atoms with Crippen molar-refractivity contribution in [2.75, 3.05) is 0 Å². The maximum absolute atomic E-state index is 2.48. The normalized spacial score (nSPS) is 14.0. The summed E-state index contributed by atoms with van der Waals surface area (Å²) in [6, 6.07) is 33.1. The van der Waals surface area contributed by atoms with Crippen molar-refractivity contribution in [1.82, 2.24) is 0 Å². The van der Waals surface area contributed by atoms with Gasteiger partial charge in [-0.1, -0.05) is 84.9 Å². The Hall–Kier alpha value is -3.19. The summed E-state index contributed by atoms with van der Waals surface area (Å²) in [5.74, 6) is 0. The lowest BCUT2D eigenvalue weighted by Crippen LogP contribution is -2.17. The van der Waals surface area contributed by atoms with Gasteiger partial charge in [0.2, 0.25) is 0 Å². The van der Waals surface area contributed by atoms with Crippen molar-refractivity contribution in [1.29, 1.82) is 0 Å². The van der Waals surface area contributed by atoms with Crippen LogP contribution in [0.25, 0.3) is 21.9 Å². The molecule has 0 radical (unpaired) electrons. The maximum atomic E-state index is 2.48. The summed E-state index contributed by atoms with van der Waals surface area (Å²) in [6.07, 6.45) is 2.34. The summed E-state index contributed by atoms with van der Waals surface area (Å²) < 4.78 is 2.48. The molecule has 0 amide bonds.